The Morgan fingerprint density at radius 3 is 2.17 bits per heavy atom. The number of rotatable bonds is 4. The van der Waals surface area contributed by atoms with Gasteiger partial charge >= 0.3 is 150 Å². The summed E-state index contributed by atoms with van der Waals surface area (Å²) >= 11 is -0.0131. The molecule has 0 aliphatic heterocycles. The molecule has 0 amide bonds. The summed E-state index contributed by atoms with van der Waals surface area (Å²) in [7, 11) is 1.60. The topological polar surface area (TPSA) is 53.2 Å². The van der Waals surface area contributed by atoms with Crippen LogP contribution < -0.4 is 15.9 Å². The Balaban J connectivity index is 1.67. The van der Waals surface area contributed by atoms with E-state index in [9.17, 15) is 9.59 Å². The van der Waals surface area contributed by atoms with E-state index in [-0.39, 0.29) is 40.6 Å². The van der Waals surface area contributed by atoms with Crippen molar-refractivity contribution in [2.75, 3.05) is 7.11 Å². The van der Waals surface area contributed by atoms with Crippen molar-refractivity contribution in [3.63, 3.8) is 0 Å². The first-order valence-corrected chi connectivity index (χ1v) is 10.7. The van der Waals surface area contributed by atoms with Crippen molar-refractivity contribution >= 4 is 48.8 Å². The first kappa shape index (κ1) is 15.7. The fraction of sp³-hybridized carbons (Fsp3) is 0.176. The van der Waals surface area contributed by atoms with E-state index in [1.54, 1.807) is 13.2 Å². The summed E-state index contributed by atoms with van der Waals surface area (Å²) in [6.07, 6.45) is 0. The first-order valence-electron chi connectivity index (χ1n) is 7.44. The molecule has 4 rings (SSSR count). The quantitative estimate of drug-likeness (QED) is 0.437. The molecule has 0 fully saturated rings. The molecule has 0 saturated carbocycles. The van der Waals surface area contributed by atoms with Gasteiger partial charge in [0.15, 0.2) is 0 Å². The Kier molecular flexibility index (Phi) is 4.10. The van der Waals surface area contributed by atoms with Gasteiger partial charge in [0.25, 0.3) is 0 Å². The summed E-state index contributed by atoms with van der Waals surface area (Å²) in [4.78, 5) is 25.0. The van der Waals surface area contributed by atoms with Crippen molar-refractivity contribution in [1.82, 2.24) is 7.12 Å². The fourth-order valence-electron chi connectivity index (χ4n) is 2.67. The summed E-state index contributed by atoms with van der Waals surface area (Å²) in [6, 6.07) is 13.4. The van der Waals surface area contributed by atoms with Gasteiger partial charge in [0.05, 0.1) is 0 Å². The Morgan fingerprint density at radius 2 is 1.50 bits per heavy atom. The molecule has 0 radical (unpaired) electrons. The monoisotopic (exact) mass is 454 g/mol. The Hall–Kier alpha value is -1.78. The molecule has 0 bridgehead atoms. The number of fused-ring (bicyclic) bond motifs is 2. The summed E-state index contributed by atoms with van der Waals surface area (Å²) in [5.74, 6) is 0.702. The standard InChI is InChI=1S/C17H14N2O3Se2/c1-22-11-6-7-15-13(10-11)17(21)19(24-15)9-8-18-16(20)12-4-2-3-5-14(12)23-18/h2-7,10H,8-9H2,1H3. The third kappa shape index (κ3) is 2.64. The van der Waals surface area contributed by atoms with E-state index in [4.69, 9.17) is 4.74 Å². The second-order valence-electron chi connectivity index (χ2n) is 5.36. The third-order valence-corrected chi connectivity index (χ3v) is 8.62. The zero-order chi connectivity index (χ0) is 16.7. The molecule has 2 heterocycles. The van der Waals surface area contributed by atoms with Crippen LogP contribution in [0.4, 0.5) is 0 Å². The van der Waals surface area contributed by atoms with Gasteiger partial charge in [-0.3, -0.25) is 0 Å². The summed E-state index contributed by atoms with van der Waals surface area (Å²) in [5.41, 5.74) is 0.129. The molecular formula is C17H14N2O3Se2. The first-order chi connectivity index (χ1) is 11.7. The molecule has 2 aromatic carbocycles. The van der Waals surface area contributed by atoms with E-state index in [0.29, 0.717) is 18.8 Å². The maximum absolute atomic E-state index is 12.6. The van der Waals surface area contributed by atoms with Crippen LogP contribution in [0.5, 0.6) is 5.75 Å². The van der Waals surface area contributed by atoms with E-state index in [2.05, 4.69) is 0 Å². The minimum atomic E-state index is -0.0265. The van der Waals surface area contributed by atoms with Gasteiger partial charge in [0, 0.05) is 0 Å². The van der Waals surface area contributed by atoms with Gasteiger partial charge in [-0.05, 0) is 0 Å². The average Bonchev–Trinajstić information content (AvgIpc) is 3.10. The van der Waals surface area contributed by atoms with Crippen molar-refractivity contribution in [2.24, 2.45) is 0 Å². The summed E-state index contributed by atoms with van der Waals surface area (Å²) in [5, 5.41) is 1.54. The van der Waals surface area contributed by atoms with Crippen molar-refractivity contribution in [2.45, 2.75) is 13.1 Å². The number of hydrogen-bond donors (Lipinski definition) is 0. The maximum atomic E-state index is 12.6. The zero-order valence-electron chi connectivity index (χ0n) is 12.9. The minimum absolute atomic E-state index is 0.0134. The van der Waals surface area contributed by atoms with Crippen LogP contribution in [0.2, 0.25) is 0 Å². The summed E-state index contributed by atoms with van der Waals surface area (Å²) < 4.78 is 11.1. The van der Waals surface area contributed by atoms with Crippen LogP contribution in [0.3, 0.4) is 0 Å². The van der Waals surface area contributed by atoms with Gasteiger partial charge in [-0.15, -0.1) is 0 Å². The Morgan fingerprint density at radius 1 is 0.875 bits per heavy atom. The van der Waals surface area contributed by atoms with Gasteiger partial charge < -0.3 is 0 Å². The number of hydrogen-bond acceptors (Lipinski definition) is 3. The van der Waals surface area contributed by atoms with Crippen molar-refractivity contribution < 1.29 is 4.74 Å². The van der Waals surface area contributed by atoms with E-state index in [0.717, 1.165) is 19.3 Å². The second kappa shape index (κ2) is 6.26. The van der Waals surface area contributed by atoms with Crippen molar-refractivity contribution in [3.05, 3.63) is 63.2 Å². The second-order valence-corrected chi connectivity index (χ2v) is 9.82. The zero-order valence-corrected chi connectivity index (χ0v) is 16.3. The number of nitrogens with zero attached hydrogens (tertiary/aromatic N) is 2. The average molecular weight is 452 g/mol. The van der Waals surface area contributed by atoms with Crippen LogP contribution in [-0.2, 0) is 13.1 Å². The molecule has 7 heteroatoms. The van der Waals surface area contributed by atoms with E-state index < -0.39 is 0 Å². The molecule has 0 N–H and O–H groups in total. The molecule has 122 valence electrons. The van der Waals surface area contributed by atoms with Crippen LogP contribution in [0.15, 0.2) is 52.1 Å². The third-order valence-electron chi connectivity index (χ3n) is 3.91. The molecule has 5 nitrogen and oxygen atoms in total. The molecular weight excluding hydrogens is 438 g/mol. The van der Waals surface area contributed by atoms with Crippen molar-refractivity contribution in [1.29, 1.82) is 0 Å². The van der Waals surface area contributed by atoms with Gasteiger partial charge in [-0.1, -0.05) is 0 Å². The number of benzene rings is 2. The van der Waals surface area contributed by atoms with E-state index in [1.165, 1.54) is 0 Å². The Bertz CT molecular complexity index is 1150. The molecule has 0 atom stereocenters. The number of ether oxygens (including phenoxy) is 1. The van der Waals surface area contributed by atoms with E-state index in [1.807, 2.05) is 43.5 Å². The van der Waals surface area contributed by atoms with Crippen LogP contribution in [0, 0.1) is 0 Å². The van der Waals surface area contributed by atoms with Gasteiger partial charge in [-0.2, -0.15) is 0 Å². The molecule has 0 spiro atoms. The molecule has 0 aliphatic carbocycles. The molecule has 0 saturated heterocycles. The van der Waals surface area contributed by atoms with Crippen molar-refractivity contribution in [3.8, 4) is 5.75 Å². The van der Waals surface area contributed by atoms with Crippen LogP contribution in [-0.4, -0.2) is 43.7 Å². The molecule has 0 aliphatic rings. The van der Waals surface area contributed by atoms with Crippen LogP contribution >= 0.6 is 0 Å². The van der Waals surface area contributed by atoms with Crippen LogP contribution in [0.25, 0.3) is 19.3 Å². The predicted octanol–water partition coefficient (Wildman–Crippen LogP) is 1.14. The normalized spacial score (nSPS) is 11.4. The number of aryl methyl sites for hydroxylation is 2. The van der Waals surface area contributed by atoms with Gasteiger partial charge in [-0.25, -0.2) is 0 Å². The van der Waals surface area contributed by atoms with E-state index >= 15 is 0 Å². The summed E-state index contributed by atoms with van der Waals surface area (Å²) in [6.45, 7) is 1.17. The van der Waals surface area contributed by atoms with Crippen LogP contribution in [0.1, 0.15) is 0 Å². The SMILES string of the molecule is COc1ccc2[se]n(CCn3[se]c4ccccc4c3=O)c(=O)c2c1. The number of aromatic nitrogens is 2. The fourth-order valence-corrected chi connectivity index (χ4v) is 6.76. The molecule has 24 heavy (non-hydrogen) atoms. The Labute approximate surface area is 149 Å². The molecule has 0 unspecified atom stereocenters. The number of methoxy groups -OCH3 is 1. The molecule has 2 aromatic heterocycles. The molecule has 4 aromatic rings. The van der Waals surface area contributed by atoms with Gasteiger partial charge in [0.1, 0.15) is 0 Å². The van der Waals surface area contributed by atoms with Gasteiger partial charge in [0.2, 0.25) is 0 Å². The predicted molar refractivity (Wildman–Crippen MR) is 96.8 cm³/mol.